The molecule has 5 heteroatoms. The highest BCUT2D eigenvalue weighted by Crippen LogP contribution is 2.15. The molecule has 20 heavy (non-hydrogen) atoms. The number of nitrogens with zero attached hydrogens (tertiary/aromatic N) is 3. The second kappa shape index (κ2) is 9.07. The van der Waals surface area contributed by atoms with E-state index >= 15 is 0 Å². The Morgan fingerprint density at radius 1 is 1.25 bits per heavy atom. The lowest BCUT2D eigenvalue weighted by Crippen LogP contribution is -2.43. The van der Waals surface area contributed by atoms with E-state index in [4.69, 9.17) is 5.73 Å². The first-order valence-corrected chi connectivity index (χ1v) is 7.92. The Bertz CT molecular complexity index is 302. The number of guanidine groups is 1. The number of aliphatic imine (C=N–C) groups is 1. The van der Waals surface area contributed by atoms with Crippen LogP contribution in [0.2, 0.25) is 0 Å². The summed E-state index contributed by atoms with van der Waals surface area (Å²) in [4.78, 5) is 9.43. The first-order valence-electron chi connectivity index (χ1n) is 7.92. The number of hydrogen-bond acceptors (Lipinski definition) is 2. The van der Waals surface area contributed by atoms with Gasteiger partial charge in [0.1, 0.15) is 0 Å². The fourth-order valence-corrected chi connectivity index (χ4v) is 3.21. The van der Waals surface area contributed by atoms with Crippen molar-refractivity contribution < 1.29 is 0 Å². The Morgan fingerprint density at radius 3 is 2.60 bits per heavy atom. The van der Waals surface area contributed by atoms with Crippen molar-refractivity contribution in [3.63, 3.8) is 0 Å². The van der Waals surface area contributed by atoms with Crippen LogP contribution < -0.4 is 5.73 Å². The molecule has 2 N–H and O–H groups in total. The van der Waals surface area contributed by atoms with Gasteiger partial charge in [-0.05, 0) is 50.6 Å². The standard InChI is InChI=1S/C15H30N4.HI/c1-13-6-5-9-19(12-13)15(16)17-10-14(2)11-18-7-3-4-8-18;/h13-14H,3-12H2,1-2H3,(H2,16,17);1H. The van der Waals surface area contributed by atoms with Crippen molar-refractivity contribution in [2.24, 2.45) is 22.6 Å². The second-order valence-electron chi connectivity index (χ2n) is 6.51. The molecule has 2 aliphatic rings. The molecule has 2 fully saturated rings. The van der Waals surface area contributed by atoms with Crippen LogP contribution in [0.25, 0.3) is 0 Å². The van der Waals surface area contributed by atoms with E-state index < -0.39 is 0 Å². The minimum absolute atomic E-state index is 0. The summed E-state index contributed by atoms with van der Waals surface area (Å²) in [6.07, 6.45) is 5.31. The molecule has 0 radical (unpaired) electrons. The lowest BCUT2D eigenvalue weighted by Gasteiger charge is -2.31. The van der Waals surface area contributed by atoms with Gasteiger partial charge in [-0.25, -0.2) is 0 Å². The van der Waals surface area contributed by atoms with Crippen LogP contribution >= 0.6 is 24.0 Å². The Kier molecular flexibility index (Phi) is 8.17. The SMILES string of the molecule is CC(CN=C(N)N1CCCC(C)C1)CN1CCCC1.I. The van der Waals surface area contributed by atoms with Gasteiger partial charge in [-0.3, -0.25) is 4.99 Å². The minimum atomic E-state index is 0. The Labute approximate surface area is 141 Å². The van der Waals surface area contributed by atoms with E-state index in [1.54, 1.807) is 0 Å². The molecule has 0 aromatic heterocycles. The van der Waals surface area contributed by atoms with E-state index in [1.165, 1.54) is 45.3 Å². The number of likely N-dealkylation sites (tertiary alicyclic amines) is 2. The normalized spacial score (nSPS) is 26.4. The maximum absolute atomic E-state index is 6.13. The van der Waals surface area contributed by atoms with E-state index in [1.807, 2.05) is 0 Å². The largest absolute Gasteiger partial charge is 0.370 e. The summed E-state index contributed by atoms with van der Waals surface area (Å²) < 4.78 is 0. The van der Waals surface area contributed by atoms with Gasteiger partial charge in [0, 0.05) is 26.2 Å². The molecule has 2 saturated heterocycles. The van der Waals surface area contributed by atoms with Gasteiger partial charge in [0.25, 0.3) is 0 Å². The van der Waals surface area contributed by atoms with Gasteiger partial charge in [-0.15, -0.1) is 24.0 Å². The molecule has 0 spiro atoms. The topological polar surface area (TPSA) is 44.9 Å². The van der Waals surface area contributed by atoms with Crippen LogP contribution in [0.15, 0.2) is 4.99 Å². The molecule has 0 bridgehead atoms. The van der Waals surface area contributed by atoms with Gasteiger partial charge in [0.05, 0.1) is 0 Å². The molecule has 0 aliphatic carbocycles. The van der Waals surface area contributed by atoms with Crippen LogP contribution in [0.1, 0.15) is 39.5 Å². The summed E-state index contributed by atoms with van der Waals surface area (Å²) in [7, 11) is 0. The van der Waals surface area contributed by atoms with Gasteiger partial charge < -0.3 is 15.5 Å². The minimum Gasteiger partial charge on any atom is -0.370 e. The molecular weight excluding hydrogens is 363 g/mol. The first-order chi connectivity index (χ1) is 9.15. The van der Waals surface area contributed by atoms with Crippen LogP contribution in [-0.4, -0.2) is 55.0 Å². The third-order valence-electron chi connectivity index (χ3n) is 4.31. The maximum atomic E-state index is 6.13. The Balaban J connectivity index is 0.00000200. The lowest BCUT2D eigenvalue weighted by molar-refractivity contribution is 0.268. The fraction of sp³-hybridized carbons (Fsp3) is 0.933. The molecule has 2 heterocycles. The third-order valence-corrected chi connectivity index (χ3v) is 4.31. The predicted octanol–water partition coefficient (Wildman–Crippen LogP) is 2.38. The van der Waals surface area contributed by atoms with Crippen molar-refractivity contribution in [1.82, 2.24) is 9.80 Å². The third kappa shape index (κ3) is 5.76. The quantitative estimate of drug-likeness (QED) is 0.453. The molecule has 0 saturated carbocycles. The number of hydrogen-bond donors (Lipinski definition) is 1. The average Bonchev–Trinajstić information content (AvgIpc) is 2.88. The van der Waals surface area contributed by atoms with Crippen LogP contribution in [0, 0.1) is 11.8 Å². The number of piperidine rings is 1. The Morgan fingerprint density at radius 2 is 1.95 bits per heavy atom. The number of rotatable bonds is 4. The zero-order chi connectivity index (χ0) is 13.7. The van der Waals surface area contributed by atoms with E-state index in [9.17, 15) is 0 Å². The van der Waals surface area contributed by atoms with Gasteiger partial charge in [0.15, 0.2) is 5.96 Å². The van der Waals surface area contributed by atoms with Crippen LogP contribution in [-0.2, 0) is 0 Å². The highest BCUT2D eigenvalue weighted by Gasteiger charge is 2.18. The van der Waals surface area contributed by atoms with Crippen molar-refractivity contribution in [2.75, 3.05) is 39.3 Å². The molecule has 0 amide bonds. The summed E-state index contributed by atoms with van der Waals surface area (Å²) in [5, 5.41) is 0. The second-order valence-corrected chi connectivity index (χ2v) is 6.51. The molecule has 2 atom stereocenters. The van der Waals surface area contributed by atoms with Crippen molar-refractivity contribution in [1.29, 1.82) is 0 Å². The molecule has 2 unspecified atom stereocenters. The smallest absolute Gasteiger partial charge is 0.191 e. The fourth-order valence-electron chi connectivity index (χ4n) is 3.21. The summed E-state index contributed by atoms with van der Waals surface area (Å²) in [5.74, 6) is 2.13. The molecule has 2 rings (SSSR count). The van der Waals surface area contributed by atoms with E-state index in [0.29, 0.717) is 5.92 Å². The summed E-state index contributed by atoms with van der Waals surface area (Å²) in [5.41, 5.74) is 6.13. The average molecular weight is 394 g/mol. The van der Waals surface area contributed by atoms with Gasteiger partial charge in [-0.1, -0.05) is 13.8 Å². The van der Waals surface area contributed by atoms with Crippen LogP contribution in [0.5, 0.6) is 0 Å². The van der Waals surface area contributed by atoms with E-state index in [0.717, 1.165) is 31.5 Å². The molecule has 0 aromatic rings. The monoisotopic (exact) mass is 394 g/mol. The van der Waals surface area contributed by atoms with Gasteiger partial charge >= 0.3 is 0 Å². The molecular formula is C15H31IN4. The zero-order valence-electron chi connectivity index (χ0n) is 13.1. The van der Waals surface area contributed by atoms with Crippen molar-refractivity contribution >= 4 is 29.9 Å². The van der Waals surface area contributed by atoms with Crippen molar-refractivity contribution in [3.05, 3.63) is 0 Å². The van der Waals surface area contributed by atoms with Crippen molar-refractivity contribution in [3.8, 4) is 0 Å². The number of nitrogens with two attached hydrogens (primary N) is 1. The zero-order valence-corrected chi connectivity index (χ0v) is 15.4. The predicted molar refractivity (Wildman–Crippen MR) is 96.7 cm³/mol. The Hall–Kier alpha value is -0.0400. The molecule has 0 aromatic carbocycles. The lowest BCUT2D eigenvalue weighted by atomic mass is 10.0. The van der Waals surface area contributed by atoms with Gasteiger partial charge in [-0.2, -0.15) is 0 Å². The van der Waals surface area contributed by atoms with Crippen LogP contribution in [0.3, 0.4) is 0 Å². The molecule has 118 valence electrons. The maximum Gasteiger partial charge on any atom is 0.191 e. The highest BCUT2D eigenvalue weighted by atomic mass is 127. The number of halogens is 1. The van der Waals surface area contributed by atoms with E-state index in [-0.39, 0.29) is 24.0 Å². The molecule has 2 aliphatic heterocycles. The summed E-state index contributed by atoms with van der Waals surface area (Å²) in [6.45, 7) is 11.3. The van der Waals surface area contributed by atoms with Gasteiger partial charge in [0.2, 0.25) is 0 Å². The summed E-state index contributed by atoms with van der Waals surface area (Å²) in [6, 6.07) is 0. The van der Waals surface area contributed by atoms with Crippen molar-refractivity contribution in [2.45, 2.75) is 39.5 Å². The van der Waals surface area contributed by atoms with Crippen LogP contribution in [0.4, 0.5) is 0 Å². The first kappa shape index (κ1) is 18.0. The highest BCUT2D eigenvalue weighted by molar-refractivity contribution is 14.0. The van der Waals surface area contributed by atoms with E-state index in [2.05, 4.69) is 28.6 Å². The summed E-state index contributed by atoms with van der Waals surface area (Å²) >= 11 is 0. The molecule has 4 nitrogen and oxygen atoms in total.